The summed E-state index contributed by atoms with van der Waals surface area (Å²) in [7, 11) is 3.36. The van der Waals surface area contributed by atoms with Gasteiger partial charge >= 0.3 is 0 Å². The van der Waals surface area contributed by atoms with E-state index in [2.05, 4.69) is 26.1 Å². The molecule has 20 heavy (non-hydrogen) atoms. The number of rotatable bonds is 8. The standard InChI is InChI=1S/C16H27NO3/c1-16(2,3)17-10-15(12-18-4)20-11-13-6-8-14(19-5)9-7-13/h6-9,15,17H,10-12H2,1-5H3. The third kappa shape index (κ3) is 6.89. The topological polar surface area (TPSA) is 39.7 Å². The summed E-state index contributed by atoms with van der Waals surface area (Å²) in [6.45, 7) is 8.34. The van der Waals surface area contributed by atoms with Gasteiger partial charge in [-0.1, -0.05) is 12.1 Å². The lowest BCUT2D eigenvalue weighted by molar-refractivity contribution is -0.0128. The molecule has 114 valence electrons. The molecule has 1 aromatic carbocycles. The first kappa shape index (κ1) is 17.0. The smallest absolute Gasteiger partial charge is 0.118 e. The van der Waals surface area contributed by atoms with Crippen LogP contribution in [0.2, 0.25) is 0 Å². The molecule has 0 bridgehead atoms. The summed E-state index contributed by atoms with van der Waals surface area (Å²) in [6, 6.07) is 7.91. The molecule has 0 heterocycles. The summed E-state index contributed by atoms with van der Waals surface area (Å²) in [5.74, 6) is 0.858. The van der Waals surface area contributed by atoms with Crippen molar-refractivity contribution in [3.05, 3.63) is 29.8 Å². The predicted octanol–water partition coefficient (Wildman–Crippen LogP) is 2.61. The number of hydrogen-bond acceptors (Lipinski definition) is 4. The van der Waals surface area contributed by atoms with E-state index in [-0.39, 0.29) is 11.6 Å². The SMILES string of the molecule is COCC(CNC(C)(C)C)OCc1ccc(OC)cc1. The first-order valence-corrected chi connectivity index (χ1v) is 6.93. The maximum Gasteiger partial charge on any atom is 0.118 e. The van der Waals surface area contributed by atoms with Gasteiger partial charge in [0.25, 0.3) is 0 Å². The lowest BCUT2D eigenvalue weighted by Crippen LogP contribution is -2.43. The highest BCUT2D eigenvalue weighted by Gasteiger charge is 2.14. The van der Waals surface area contributed by atoms with Crippen LogP contribution >= 0.6 is 0 Å². The van der Waals surface area contributed by atoms with Crippen molar-refractivity contribution in [2.45, 2.75) is 39.0 Å². The summed E-state index contributed by atoms with van der Waals surface area (Å²) < 4.78 is 16.3. The Balaban J connectivity index is 2.44. The van der Waals surface area contributed by atoms with Crippen LogP contribution in [0.25, 0.3) is 0 Å². The fourth-order valence-corrected chi connectivity index (χ4v) is 1.71. The Labute approximate surface area is 122 Å². The molecule has 0 amide bonds. The fraction of sp³-hybridized carbons (Fsp3) is 0.625. The number of benzene rings is 1. The molecular weight excluding hydrogens is 254 g/mol. The van der Waals surface area contributed by atoms with Crippen molar-refractivity contribution in [3.63, 3.8) is 0 Å². The van der Waals surface area contributed by atoms with Gasteiger partial charge in [-0.05, 0) is 38.5 Å². The van der Waals surface area contributed by atoms with Gasteiger partial charge in [-0.2, -0.15) is 0 Å². The van der Waals surface area contributed by atoms with Gasteiger partial charge in [-0.15, -0.1) is 0 Å². The zero-order valence-electron chi connectivity index (χ0n) is 13.2. The lowest BCUT2D eigenvalue weighted by Gasteiger charge is -2.25. The molecule has 1 aromatic rings. The third-order valence-corrected chi connectivity index (χ3v) is 2.86. The Morgan fingerprint density at radius 1 is 1.10 bits per heavy atom. The molecule has 0 fully saturated rings. The van der Waals surface area contributed by atoms with Crippen LogP contribution < -0.4 is 10.1 Å². The molecule has 0 saturated carbocycles. The number of ether oxygens (including phenoxy) is 3. The highest BCUT2D eigenvalue weighted by Crippen LogP contribution is 2.12. The van der Waals surface area contributed by atoms with E-state index in [1.807, 2.05) is 24.3 Å². The molecule has 1 N–H and O–H groups in total. The molecule has 1 unspecified atom stereocenters. The molecular formula is C16H27NO3. The van der Waals surface area contributed by atoms with Crippen LogP contribution in [0.3, 0.4) is 0 Å². The second-order valence-corrected chi connectivity index (χ2v) is 5.87. The van der Waals surface area contributed by atoms with E-state index >= 15 is 0 Å². The summed E-state index contributed by atoms with van der Waals surface area (Å²) in [6.07, 6.45) is 0.0429. The first-order valence-electron chi connectivity index (χ1n) is 6.93. The second kappa shape index (κ2) is 8.25. The van der Waals surface area contributed by atoms with Gasteiger partial charge in [0.15, 0.2) is 0 Å². The molecule has 4 nitrogen and oxygen atoms in total. The number of methoxy groups -OCH3 is 2. The average Bonchev–Trinajstić information content (AvgIpc) is 2.41. The van der Waals surface area contributed by atoms with Crippen molar-refractivity contribution in [2.75, 3.05) is 27.4 Å². The summed E-state index contributed by atoms with van der Waals surface area (Å²) in [5, 5.41) is 3.44. The minimum Gasteiger partial charge on any atom is -0.497 e. The average molecular weight is 281 g/mol. The zero-order chi connectivity index (χ0) is 15.0. The summed E-state index contributed by atoms with van der Waals surface area (Å²) >= 11 is 0. The monoisotopic (exact) mass is 281 g/mol. The van der Waals surface area contributed by atoms with Gasteiger partial charge in [0.2, 0.25) is 0 Å². The Morgan fingerprint density at radius 3 is 2.25 bits per heavy atom. The Bertz CT molecular complexity index is 370. The van der Waals surface area contributed by atoms with Gasteiger partial charge < -0.3 is 19.5 Å². The van der Waals surface area contributed by atoms with Crippen LogP contribution in [-0.2, 0) is 16.1 Å². The van der Waals surface area contributed by atoms with Crippen molar-refractivity contribution in [2.24, 2.45) is 0 Å². The molecule has 1 atom stereocenters. The maximum atomic E-state index is 5.91. The van der Waals surface area contributed by atoms with Crippen LogP contribution in [0.4, 0.5) is 0 Å². The first-order chi connectivity index (χ1) is 9.44. The predicted molar refractivity (Wildman–Crippen MR) is 81.2 cm³/mol. The zero-order valence-corrected chi connectivity index (χ0v) is 13.2. The Kier molecular flexibility index (Phi) is 6.99. The van der Waals surface area contributed by atoms with E-state index in [1.54, 1.807) is 14.2 Å². The molecule has 0 aliphatic rings. The van der Waals surface area contributed by atoms with Crippen molar-refractivity contribution in [3.8, 4) is 5.75 Å². The molecule has 0 radical (unpaired) electrons. The normalized spacial score (nSPS) is 13.2. The Morgan fingerprint density at radius 2 is 1.75 bits per heavy atom. The van der Waals surface area contributed by atoms with E-state index in [4.69, 9.17) is 14.2 Å². The molecule has 1 rings (SSSR count). The van der Waals surface area contributed by atoms with Crippen LogP contribution in [0.5, 0.6) is 5.75 Å². The van der Waals surface area contributed by atoms with Crippen molar-refractivity contribution < 1.29 is 14.2 Å². The molecule has 0 aliphatic carbocycles. The molecule has 0 saturated heterocycles. The van der Waals surface area contributed by atoms with Crippen LogP contribution in [0.1, 0.15) is 26.3 Å². The van der Waals surface area contributed by atoms with Gasteiger partial charge in [-0.3, -0.25) is 0 Å². The fourth-order valence-electron chi connectivity index (χ4n) is 1.71. The number of hydrogen-bond donors (Lipinski definition) is 1. The minimum atomic E-state index is 0.0429. The number of nitrogens with one attached hydrogen (secondary N) is 1. The van der Waals surface area contributed by atoms with Crippen molar-refractivity contribution in [1.29, 1.82) is 0 Å². The van der Waals surface area contributed by atoms with E-state index < -0.39 is 0 Å². The van der Waals surface area contributed by atoms with E-state index in [0.717, 1.165) is 17.9 Å². The molecule has 0 aliphatic heterocycles. The maximum absolute atomic E-state index is 5.91. The van der Waals surface area contributed by atoms with Gasteiger partial charge in [0.05, 0.1) is 26.4 Å². The summed E-state index contributed by atoms with van der Waals surface area (Å²) in [4.78, 5) is 0. The molecule has 0 aromatic heterocycles. The largest absolute Gasteiger partial charge is 0.497 e. The van der Waals surface area contributed by atoms with Crippen molar-refractivity contribution in [1.82, 2.24) is 5.32 Å². The van der Waals surface area contributed by atoms with Crippen LogP contribution in [0.15, 0.2) is 24.3 Å². The quantitative estimate of drug-likeness (QED) is 0.795. The third-order valence-electron chi connectivity index (χ3n) is 2.86. The van der Waals surface area contributed by atoms with E-state index in [0.29, 0.717) is 13.2 Å². The second-order valence-electron chi connectivity index (χ2n) is 5.87. The Hall–Kier alpha value is -1.10. The van der Waals surface area contributed by atoms with Gasteiger partial charge in [0, 0.05) is 19.2 Å². The van der Waals surface area contributed by atoms with Crippen LogP contribution in [-0.4, -0.2) is 39.0 Å². The molecule has 4 heteroatoms. The van der Waals surface area contributed by atoms with Crippen molar-refractivity contribution >= 4 is 0 Å². The molecule has 0 spiro atoms. The van der Waals surface area contributed by atoms with Gasteiger partial charge in [-0.25, -0.2) is 0 Å². The highest BCUT2D eigenvalue weighted by atomic mass is 16.5. The highest BCUT2D eigenvalue weighted by molar-refractivity contribution is 5.26. The van der Waals surface area contributed by atoms with Crippen LogP contribution in [0, 0.1) is 0 Å². The van der Waals surface area contributed by atoms with E-state index in [1.165, 1.54) is 0 Å². The van der Waals surface area contributed by atoms with Gasteiger partial charge in [0.1, 0.15) is 5.75 Å². The lowest BCUT2D eigenvalue weighted by atomic mass is 10.1. The minimum absolute atomic E-state index is 0.0429. The summed E-state index contributed by atoms with van der Waals surface area (Å²) in [5.41, 5.74) is 1.21. The van der Waals surface area contributed by atoms with E-state index in [9.17, 15) is 0 Å².